The third-order valence-electron chi connectivity index (χ3n) is 3.42. The van der Waals surface area contributed by atoms with Crippen molar-refractivity contribution in [3.8, 4) is 0 Å². The van der Waals surface area contributed by atoms with E-state index in [0.29, 0.717) is 46.2 Å². The van der Waals surface area contributed by atoms with E-state index in [1.54, 1.807) is 0 Å². The maximum atomic E-state index is 10.5. The third kappa shape index (κ3) is 48.4. The summed E-state index contributed by atoms with van der Waals surface area (Å²) in [5.74, 6) is 0. The predicted octanol–water partition coefficient (Wildman–Crippen LogP) is 2.39. The van der Waals surface area contributed by atoms with Gasteiger partial charge in [0.05, 0.1) is 65.7 Å². The second kappa shape index (κ2) is 31.9. The second-order valence-electron chi connectivity index (χ2n) is 6.36. The van der Waals surface area contributed by atoms with E-state index in [1.165, 1.54) is 25.7 Å². The number of aliphatic hydroxyl groups excluding tert-OH is 2. The average Bonchev–Trinajstić information content (AvgIpc) is 2.73. The van der Waals surface area contributed by atoms with Crippen LogP contribution in [0, 0.1) is 0 Å². The zero-order valence-electron chi connectivity index (χ0n) is 20.2. The van der Waals surface area contributed by atoms with Crippen molar-refractivity contribution >= 4 is 10.1 Å². The van der Waals surface area contributed by atoms with E-state index in [0.717, 1.165) is 32.3 Å². The van der Waals surface area contributed by atoms with Crippen LogP contribution in [0.25, 0.3) is 0 Å². The molecule has 0 aromatic rings. The first kappa shape index (κ1) is 35.3. The Morgan fingerprint density at radius 3 is 1.35 bits per heavy atom. The number of rotatable bonds is 20. The highest BCUT2D eigenvalue weighted by Gasteiger charge is 1.99. The molecular formula is C21H48O9S. The normalized spacial score (nSPS) is 10.8. The standard InChI is InChI=1S/C9H20O3S.C8H18O5.C4H10O/c1-3-4-5-6-7-8-9-12-13(2,10)11;9-1-3-11-5-7-13-8-6-12-4-2-10;1-3-5-4-2/h3-9H2,1-2H3;9-10H,1-8H2;3-4H2,1-2H3. The summed E-state index contributed by atoms with van der Waals surface area (Å²) in [6.45, 7) is 10.9. The largest absolute Gasteiger partial charge is 0.394 e. The van der Waals surface area contributed by atoms with Gasteiger partial charge in [-0.1, -0.05) is 39.0 Å². The van der Waals surface area contributed by atoms with E-state index >= 15 is 0 Å². The van der Waals surface area contributed by atoms with Crippen LogP contribution in [-0.2, 0) is 33.2 Å². The molecule has 0 aliphatic rings. The highest BCUT2D eigenvalue weighted by molar-refractivity contribution is 7.85. The van der Waals surface area contributed by atoms with E-state index in [-0.39, 0.29) is 13.2 Å². The average molecular weight is 477 g/mol. The molecule has 0 heterocycles. The first-order valence-electron chi connectivity index (χ1n) is 11.3. The summed E-state index contributed by atoms with van der Waals surface area (Å²) in [6, 6.07) is 0. The van der Waals surface area contributed by atoms with Crippen LogP contribution in [0.4, 0.5) is 0 Å². The molecule has 2 N–H and O–H groups in total. The maximum absolute atomic E-state index is 10.5. The number of aliphatic hydroxyl groups is 2. The molecule has 0 aliphatic carbocycles. The number of hydrogen-bond donors (Lipinski definition) is 2. The van der Waals surface area contributed by atoms with Crippen LogP contribution in [0.3, 0.4) is 0 Å². The van der Waals surface area contributed by atoms with Crippen LogP contribution in [-0.4, -0.2) is 97.6 Å². The molecule has 31 heavy (non-hydrogen) atoms. The van der Waals surface area contributed by atoms with Gasteiger partial charge in [0, 0.05) is 13.2 Å². The fourth-order valence-electron chi connectivity index (χ4n) is 1.97. The van der Waals surface area contributed by atoms with Gasteiger partial charge >= 0.3 is 0 Å². The number of unbranched alkanes of at least 4 members (excludes halogenated alkanes) is 5. The van der Waals surface area contributed by atoms with Crippen LogP contribution in [0.5, 0.6) is 0 Å². The van der Waals surface area contributed by atoms with Gasteiger partial charge in [-0.2, -0.15) is 8.42 Å². The summed E-state index contributed by atoms with van der Waals surface area (Å²) < 4.78 is 45.6. The van der Waals surface area contributed by atoms with E-state index in [2.05, 4.69) is 11.1 Å². The van der Waals surface area contributed by atoms with E-state index in [9.17, 15) is 8.42 Å². The molecule has 0 fully saturated rings. The minimum atomic E-state index is -3.22. The Balaban J connectivity index is -0.000000416. The van der Waals surface area contributed by atoms with Crippen molar-refractivity contribution in [3.63, 3.8) is 0 Å². The highest BCUT2D eigenvalue weighted by Crippen LogP contribution is 2.05. The van der Waals surface area contributed by atoms with Crippen LogP contribution in [0.2, 0.25) is 0 Å². The lowest BCUT2D eigenvalue weighted by atomic mass is 10.1. The lowest BCUT2D eigenvalue weighted by molar-refractivity contribution is 0.00230. The Morgan fingerprint density at radius 2 is 1.00 bits per heavy atom. The summed E-state index contributed by atoms with van der Waals surface area (Å²) in [6.07, 6.45) is 7.93. The van der Waals surface area contributed by atoms with Gasteiger partial charge in [0.25, 0.3) is 10.1 Å². The molecule has 0 aromatic heterocycles. The molecule has 192 valence electrons. The molecule has 0 saturated heterocycles. The molecule has 0 aromatic carbocycles. The Kier molecular flexibility index (Phi) is 36.2. The van der Waals surface area contributed by atoms with Crippen molar-refractivity contribution in [1.29, 1.82) is 0 Å². The van der Waals surface area contributed by atoms with E-state index < -0.39 is 10.1 Å². The molecule has 0 bridgehead atoms. The van der Waals surface area contributed by atoms with Crippen molar-refractivity contribution in [3.05, 3.63) is 0 Å². The molecule has 0 aliphatic heterocycles. The summed E-state index contributed by atoms with van der Waals surface area (Å²) in [5, 5.41) is 16.7. The molecule has 0 spiro atoms. The monoisotopic (exact) mass is 476 g/mol. The van der Waals surface area contributed by atoms with Crippen molar-refractivity contribution in [2.24, 2.45) is 0 Å². The van der Waals surface area contributed by atoms with Gasteiger partial charge < -0.3 is 29.2 Å². The fourth-order valence-corrected chi connectivity index (χ4v) is 2.39. The van der Waals surface area contributed by atoms with Crippen molar-refractivity contribution in [2.45, 2.75) is 59.3 Å². The fraction of sp³-hybridized carbons (Fsp3) is 1.00. The molecule has 0 amide bonds. The highest BCUT2D eigenvalue weighted by atomic mass is 32.2. The van der Waals surface area contributed by atoms with Crippen LogP contribution >= 0.6 is 0 Å². The van der Waals surface area contributed by atoms with Gasteiger partial charge in [0.1, 0.15) is 0 Å². The topological polar surface area (TPSA) is 121 Å². The molecule has 9 nitrogen and oxygen atoms in total. The summed E-state index contributed by atoms with van der Waals surface area (Å²) in [4.78, 5) is 0. The smallest absolute Gasteiger partial charge is 0.264 e. The van der Waals surface area contributed by atoms with E-state index in [1.807, 2.05) is 13.8 Å². The third-order valence-corrected chi connectivity index (χ3v) is 4.01. The zero-order chi connectivity index (χ0) is 24.1. The van der Waals surface area contributed by atoms with Crippen LogP contribution in [0.1, 0.15) is 59.3 Å². The maximum Gasteiger partial charge on any atom is 0.264 e. The van der Waals surface area contributed by atoms with Gasteiger partial charge in [-0.15, -0.1) is 0 Å². The van der Waals surface area contributed by atoms with E-state index in [4.69, 9.17) is 29.2 Å². The molecule has 0 unspecified atom stereocenters. The van der Waals surface area contributed by atoms with Gasteiger partial charge in [-0.3, -0.25) is 4.18 Å². The quantitative estimate of drug-likeness (QED) is 0.201. The summed E-state index contributed by atoms with van der Waals surface area (Å²) in [5.41, 5.74) is 0. The Hall–Kier alpha value is -0.330. The minimum absolute atomic E-state index is 0.0413. The Morgan fingerprint density at radius 1 is 0.581 bits per heavy atom. The van der Waals surface area contributed by atoms with Crippen molar-refractivity contribution in [1.82, 2.24) is 0 Å². The number of ether oxygens (including phenoxy) is 4. The minimum Gasteiger partial charge on any atom is -0.394 e. The zero-order valence-corrected chi connectivity index (χ0v) is 21.0. The summed E-state index contributed by atoms with van der Waals surface area (Å²) >= 11 is 0. The van der Waals surface area contributed by atoms with Gasteiger partial charge in [0.2, 0.25) is 0 Å². The Labute approximate surface area is 190 Å². The second-order valence-corrected chi connectivity index (χ2v) is 8.00. The van der Waals surface area contributed by atoms with Crippen LogP contribution in [0.15, 0.2) is 0 Å². The lowest BCUT2D eigenvalue weighted by Crippen LogP contribution is -2.11. The molecule has 0 atom stereocenters. The van der Waals surface area contributed by atoms with Gasteiger partial charge in [-0.05, 0) is 20.3 Å². The first-order valence-corrected chi connectivity index (χ1v) is 13.1. The molecule has 0 saturated carbocycles. The molecule has 10 heteroatoms. The molecular weight excluding hydrogens is 428 g/mol. The summed E-state index contributed by atoms with van der Waals surface area (Å²) in [7, 11) is -3.22. The van der Waals surface area contributed by atoms with Gasteiger partial charge in [0.15, 0.2) is 0 Å². The van der Waals surface area contributed by atoms with Crippen molar-refractivity contribution in [2.75, 3.05) is 78.9 Å². The number of hydrogen-bond acceptors (Lipinski definition) is 9. The van der Waals surface area contributed by atoms with Crippen molar-refractivity contribution < 1.29 is 41.8 Å². The Bertz CT molecular complexity index is 380. The molecule has 0 rings (SSSR count). The molecule has 0 radical (unpaired) electrons. The van der Waals surface area contributed by atoms with Crippen LogP contribution < -0.4 is 0 Å². The first-order chi connectivity index (χ1) is 14.9. The SMILES string of the molecule is CCCCCCCCOS(C)(=O)=O.CCOCC.OCCOCCOCCOCCO. The lowest BCUT2D eigenvalue weighted by Gasteiger charge is -2.04. The van der Waals surface area contributed by atoms with Gasteiger partial charge in [-0.25, -0.2) is 0 Å². The predicted molar refractivity (Wildman–Crippen MR) is 123 cm³/mol.